The number of rotatable bonds is 12. The number of sulfone groups is 1. The van der Waals surface area contributed by atoms with Gasteiger partial charge < -0.3 is 14.5 Å². The molecule has 0 unspecified atom stereocenters. The lowest BCUT2D eigenvalue weighted by Gasteiger charge is -2.41. The Kier molecular flexibility index (Phi) is 12.4. The minimum atomic E-state index is -3.32. The maximum atomic E-state index is 14.3. The van der Waals surface area contributed by atoms with Gasteiger partial charge in [-0.15, -0.1) is 0 Å². The van der Waals surface area contributed by atoms with Crippen molar-refractivity contribution >= 4 is 26.0 Å². The molecule has 3 fully saturated rings. The molecule has 0 spiro atoms. The van der Waals surface area contributed by atoms with Gasteiger partial charge >= 0.3 is 6.09 Å². The van der Waals surface area contributed by atoms with Crippen molar-refractivity contribution in [2.75, 3.05) is 57.8 Å². The molecular formula is C36H51F2N3O6S2. The molecule has 5 rings (SSSR count). The standard InChI is InChI=1S/C36H51F2N3O6S2/c1-36(15-23-49(45,46)33-10-17-40(18-11-33)35(42)47-27-28-6-4-3-5-7-28)13-21-39(22-14-36)16-12-34(30-24-31(37)26-32(38)25-30)29-8-19-41(20-9-29)48(2,43)44/h3-7,24-26,29,33-34H,8-23,27H2,1-2H3/t34-/m1/s1. The zero-order valence-electron chi connectivity index (χ0n) is 28.7. The summed E-state index contributed by atoms with van der Waals surface area (Å²) < 4.78 is 86.3. The smallest absolute Gasteiger partial charge is 0.410 e. The van der Waals surface area contributed by atoms with Gasteiger partial charge in [-0.05, 0) is 112 Å². The lowest BCUT2D eigenvalue weighted by atomic mass is 9.77. The molecule has 1 amide bonds. The van der Waals surface area contributed by atoms with E-state index < -0.39 is 42.8 Å². The van der Waals surface area contributed by atoms with Gasteiger partial charge in [0, 0.05) is 32.2 Å². The highest BCUT2D eigenvalue weighted by Gasteiger charge is 2.37. The molecule has 0 aromatic heterocycles. The molecule has 9 nitrogen and oxygen atoms in total. The van der Waals surface area contributed by atoms with Crippen LogP contribution >= 0.6 is 0 Å². The van der Waals surface area contributed by atoms with Crippen molar-refractivity contribution in [2.24, 2.45) is 11.3 Å². The van der Waals surface area contributed by atoms with Crippen molar-refractivity contribution < 1.29 is 35.1 Å². The molecule has 272 valence electrons. The quantitative estimate of drug-likeness (QED) is 0.272. The fraction of sp³-hybridized carbons (Fsp3) is 0.639. The molecule has 0 saturated carbocycles. The van der Waals surface area contributed by atoms with Crippen LogP contribution in [0.3, 0.4) is 0 Å². The van der Waals surface area contributed by atoms with Crippen molar-refractivity contribution in [3.8, 4) is 0 Å². The minimum Gasteiger partial charge on any atom is -0.445 e. The van der Waals surface area contributed by atoms with Crippen molar-refractivity contribution in [3.63, 3.8) is 0 Å². The Balaban J connectivity index is 1.08. The van der Waals surface area contributed by atoms with Crippen LogP contribution in [-0.2, 0) is 31.2 Å². The number of sulfonamides is 1. The summed E-state index contributed by atoms with van der Waals surface area (Å²) in [5.74, 6) is -1.06. The Bertz CT molecular complexity index is 1600. The molecule has 3 aliphatic rings. The van der Waals surface area contributed by atoms with E-state index in [9.17, 15) is 30.4 Å². The van der Waals surface area contributed by atoms with Crippen LogP contribution in [0.5, 0.6) is 0 Å². The Labute approximate surface area is 291 Å². The summed E-state index contributed by atoms with van der Waals surface area (Å²) in [6, 6.07) is 13.2. The molecule has 3 aliphatic heterocycles. The molecule has 49 heavy (non-hydrogen) atoms. The maximum absolute atomic E-state index is 14.3. The summed E-state index contributed by atoms with van der Waals surface area (Å²) in [7, 11) is -6.60. The lowest BCUT2D eigenvalue weighted by molar-refractivity contribution is 0.0896. The summed E-state index contributed by atoms with van der Waals surface area (Å²) in [6.07, 6.45) is 5.92. The highest BCUT2D eigenvalue weighted by atomic mass is 32.2. The van der Waals surface area contributed by atoms with Crippen molar-refractivity contribution in [2.45, 2.75) is 76.1 Å². The average Bonchev–Trinajstić information content (AvgIpc) is 3.07. The predicted octanol–water partition coefficient (Wildman–Crippen LogP) is 5.82. The number of ether oxygens (including phenoxy) is 1. The third-order valence-electron chi connectivity index (χ3n) is 11.1. The minimum absolute atomic E-state index is 0.0949. The fourth-order valence-electron chi connectivity index (χ4n) is 7.73. The van der Waals surface area contributed by atoms with Crippen LogP contribution in [0, 0.1) is 23.0 Å². The summed E-state index contributed by atoms with van der Waals surface area (Å²) in [5, 5.41) is -0.455. The molecular weight excluding hydrogens is 673 g/mol. The summed E-state index contributed by atoms with van der Waals surface area (Å²) in [5.41, 5.74) is 1.42. The second-order valence-corrected chi connectivity index (χ2v) is 19.0. The first-order valence-electron chi connectivity index (χ1n) is 17.5. The zero-order chi connectivity index (χ0) is 35.2. The van der Waals surface area contributed by atoms with Crippen molar-refractivity contribution in [1.29, 1.82) is 0 Å². The number of halogens is 2. The van der Waals surface area contributed by atoms with Crippen molar-refractivity contribution in [1.82, 2.24) is 14.1 Å². The van der Waals surface area contributed by atoms with Crippen LogP contribution < -0.4 is 0 Å². The maximum Gasteiger partial charge on any atom is 0.410 e. The van der Waals surface area contributed by atoms with Crippen LogP contribution in [0.25, 0.3) is 0 Å². The number of amides is 1. The summed E-state index contributed by atoms with van der Waals surface area (Å²) >= 11 is 0. The number of piperidine rings is 3. The number of benzene rings is 2. The number of carbonyl (C=O) groups is 1. The summed E-state index contributed by atoms with van der Waals surface area (Å²) in [6.45, 7) is 6.27. The molecule has 13 heteroatoms. The Morgan fingerprint density at radius 1 is 0.898 bits per heavy atom. The molecule has 2 aromatic carbocycles. The SMILES string of the molecule is CC1(CCS(=O)(=O)C2CCN(C(=O)OCc3ccccc3)CC2)CCN(CC[C@@H](c2cc(F)cc(F)c2)C2CCN(S(C)(=O)=O)CC2)CC1. The van der Waals surface area contributed by atoms with E-state index in [1.807, 2.05) is 30.3 Å². The lowest BCUT2D eigenvalue weighted by Crippen LogP contribution is -2.44. The first-order chi connectivity index (χ1) is 23.2. The van der Waals surface area contributed by atoms with Crippen LogP contribution in [-0.4, -0.2) is 100 Å². The van der Waals surface area contributed by atoms with E-state index in [0.29, 0.717) is 70.3 Å². The Hall–Kier alpha value is -2.61. The van der Waals surface area contributed by atoms with Gasteiger partial charge in [-0.25, -0.2) is 34.7 Å². The monoisotopic (exact) mass is 723 g/mol. The zero-order valence-corrected chi connectivity index (χ0v) is 30.4. The third-order valence-corrected chi connectivity index (χ3v) is 14.6. The first-order valence-corrected chi connectivity index (χ1v) is 21.1. The number of carbonyl (C=O) groups excluding carboxylic acids is 1. The largest absolute Gasteiger partial charge is 0.445 e. The van der Waals surface area contributed by atoms with Crippen LogP contribution in [0.4, 0.5) is 13.6 Å². The Morgan fingerprint density at radius 2 is 1.51 bits per heavy atom. The van der Waals surface area contributed by atoms with Gasteiger partial charge in [0.05, 0.1) is 17.3 Å². The molecule has 0 aliphatic carbocycles. The van der Waals surface area contributed by atoms with Gasteiger partial charge in [-0.3, -0.25) is 0 Å². The average molecular weight is 724 g/mol. The van der Waals surface area contributed by atoms with Gasteiger partial charge in [0.25, 0.3) is 0 Å². The van der Waals surface area contributed by atoms with E-state index in [-0.39, 0.29) is 29.6 Å². The molecule has 1 atom stereocenters. The van der Waals surface area contributed by atoms with Gasteiger partial charge in [0.2, 0.25) is 10.0 Å². The predicted molar refractivity (Wildman–Crippen MR) is 186 cm³/mol. The normalized spacial score (nSPS) is 21.0. The fourth-order valence-corrected chi connectivity index (χ4v) is 10.6. The van der Waals surface area contributed by atoms with E-state index in [4.69, 9.17) is 4.74 Å². The molecule has 2 aromatic rings. The van der Waals surface area contributed by atoms with E-state index in [0.717, 1.165) is 44.1 Å². The van der Waals surface area contributed by atoms with Gasteiger partial charge in [0.15, 0.2) is 9.84 Å². The molecule has 3 heterocycles. The molecule has 0 N–H and O–H groups in total. The molecule has 3 saturated heterocycles. The van der Waals surface area contributed by atoms with E-state index in [1.54, 1.807) is 4.90 Å². The van der Waals surface area contributed by atoms with Crippen LogP contribution in [0.2, 0.25) is 0 Å². The third kappa shape index (κ3) is 10.5. The number of likely N-dealkylation sites (tertiary alicyclic amines) is 2. The number of nitrogens with zero attached hydrogens (tertiary/aromatic N) is 3. The number of hydrogen-bond donors (Lipinski definition) is 0. The van der Waals surface area contributed by atoms with E-state index >= 15 is 0 Å². The van der Waals surface area contributed by atoms with E-state index in [2.05, 4.69) is 11.8 Å². The highest BCUT2D eigenvalue weighted by molar-refractivity contribution is 7.92. The number of hydrogen-bond acceptors (Lipinski definition) is 7. The van der Waals surface area contributed by atoms with Crippen molar-refractivity contribution in [3.05, 3.63) is 71.3 Å². The highest BCUT2D eigenvalue weighted by Crippen LogP contribution is 2.39. The topological polar surface area (TPSA) is 104 Å². The second kappa shape index (κ2) is 16.2. The van der Waals surface area contributed by atoms with Crippen LogP contribution in [0.15, 0.2) is 48.5 Å². The second-order valence-electron chi connectivity index (χ2n) is 14.6. The molecule has 0 radical (unpaired) electrons. The summed E-state index contributed by atoms with van der Waals surface area (Å²) in [4.78, 5) is 16.5. The Morgan fingerprint density at radius 3 is 2.10 bits per heavy atom. The van der Waals surface area contributed by atoms with Gasteiger partial charge in [0.1, 0.15) is 18.2 Å². The van der Waals surface area contributed by atoms with Crippen LogP contribution in [0.1, 0.15) is 75.3 Å². The van der Waals surface area contributed by atoms with E-state index in [1.165, 1.54) is 22.7 Å². The van der Waals surface area contributed by atoms with Gasteiger partial charge in [-0.2, -0.15) is 0 Å². The van der Waals surface area contributed by atoms with Gasteiger partial charge in [-0.1, -0.05) is 37.3 Å². The molecule has 0 bridgehead atoms. The first kappa shape index (κ1) is 37.6.